The average molecular weight is 220 g/mol. The van der Waals surface area contributed by atoms with Gasteiger partial charge in [0.15, 0.2) is 0 Å². The summed E-state index contributed by atoms with van der Waals surface area (Å²) in [6.07, 6.45) is 3.77. The Balaban J connectivity index is 1.96. The van der Waals surface area contributed by atoms with Gasteiger partial charge in [-0.3, -0.25) is 4.90 Å². The van der Waals surface area contributed by atoms with Crippen LogP contribution in [-0.2, 0) is 0 Å². The van der Waals surface area contributed by atoms with Crippen molar-refractivity contribution < 1.29 is 0 Å². The molecule has 0 amide bonds. The Morgan fingerprint density at radius 1 is 1.06 bits per heavy atom. The van der Waals surface area contributed by atoms with Gasteiger partial charge in [-0.2, -0.15) is 0 Å². The summed E-state index contributed by atoms with van der Waals surface area (Å²) in [6, 6.07) is 0.640. The SMILES string of the molecule is Cc1cnc(N2CCN(C(C)C)CC2)nc1. The summed E-state index contributed by atoms with van der Waals surface area (Å²) in [6.45, 7) is 10.8. The molecule has 1 aliphatic heterocycles. The highest BCUT2D eigenvalue weighted by Gasteiger charge is 2.20. The van der Waals surface area contributed by atoms with Crippen LogP contribution in [0, 0.1) is 6.92 Å². The Kier molecular flexibility index (Phi) is 3.39. The molecule has 1 aliphatic rings. The first-order valence-corrected chi connectivity index (χ1v) is 5.94. The maximum atomic E-state index is 4.37. The molecule has 0 saturated carbocycles. The van der Waals surface area contributed by atoms with Gasteiger partial charge in [0.25, 0.3) is 0 Å². The molecule has 0 atom stereocenters. The highest BCUT2D eigenvalue weighted by Crippen LogP contribution is 2.11. The molecule has 0 aromatic carbocycles. The predicted molar refractivity (Wildman–Crippen MR) is 65.7 cm³/mol. The van der Waals surface area contributed by atoms with Gasteiger partial charge in [-0.25, -0.2) is 9.97 Å². The van der Waals surface area contributed by atoms with Crippen molar-refractivity contribution in [2.75, 3.05) is 31.1 Å². The second-order valence-corrected chi connectivity index (χ2v) is 4.68. The fourth-order valence-electron chi connectivity index (χ4n) is 1.99. The third kappa shape index (κ3) is 2.50. The summed E-state index contributed by atoms with van der Waals surface area (Å²) in [7, 11) is 0. The van der Waals surface area contributed by atoms with Crippen LogP contribution in [0.1, 0.15) is 19.4 Å². The summed E-state index contributed by atoms with van der Waals surface area (Å²) < 4.78 is 0. The lowest BCUT2D eigenvalue weighted by molar-refractivity contribution is 0.208. The number of rotatable bonds is 2. The van der Waals surface area contributed by atoms with Crippen molar-refractivity contribution in [2.45, 2.75) is 26.8 Å². The number of nitrogens with zero attached hydrogens (tertiary/aromatic N) is 4. The first kappa shape index (κ1) is 11.3. The molecular formula is C12H20N4. The third-order valence-electron chi connectivity index (χ3n) is 3.09. The molecule has 0 bridgehead atoms. The van der Waals surface area contributed by atoms with E-state index in [1.807, 2.05) is 19.3 Å². The highest BCUT2D eigenvalue weighted by atomic mass is 15.3. The van der Waals surface area contributed by atoms with Crippen LogP contribution in [-0.4, -0.2) is 47.1 Å². The van der Waals surface area contributed by atoms with E-state index < -0.39 is 0 Å². The molecule has 1 fully saturated rings. The van der Waals surface area contributed by atoms with Crippen LogP contribution in [0.5, 0.6) is 0 Å². The van der Waals surface area contributed by atoms with Gasteiger partial charge in [0.05, 0.1) is 0 Å². The minimum atomic E-state index is 0.640. The molecule has 4 heteroatoms. The van der Waals surface area contributed by atoms with Crippen LogP contribution in [0.15, 0.2) is 12.4 Å². The Morgan fingerprint density at radius 2 is 1.62 bits per heavy atom. The van der Waals surface area contributed by atoms with Gasteiger partial charge in [-0.15, -0.1) is 0 Å². The molecule has 88 valence electrons. The summed E-state index contributed by atoms with van der Waals surface area (Å²) in [5, 5.41) is 0. The first-order valence-electron chi connectivity index (χ1n) is 5.94. The van der Waals surface area contributed by atoms with Gasteiger partial charge in [-0.05, 0) is 26.3 Å². The summed E-state index contributed by atoms with van der Waals surface area (Å²) in [5.74, 6) is 0.869. The van der Waals surface area contributed by atoms with E-state index in [4.69, 9.17) is 0 Å². The molecular weight excluding hydrogens is 200 g/mol. The number of piperazine rings is 1. The molecule has 16 heavy (non-hydrogen) atoms. The van der Waals surface area contributed by atoms with Gasteiger partial charge in [0, 0.05) is 44.6 Å². The lowest BCUT2D eigenvalue weighted by Crippen LogP contribution is -2.49. The Labute approximate surface area is 97.3 Å². The summed E-state index contributed by atoms with van der Waals surface area (Å²) >= 11 is 0. The van der Waals surface area contributed by atoms with Gasteiger partial charge < -0.3 is 4.90 Å². The largest absolute Gasteiger partial charge is 0.338 e. The van der Waals surface area contributed by atoms with E-state index in [0.717, 1.165) is 37.7 Å². The number of aryl methyl sites for hydroxylation is 1. The Hall–Kier alpha value is -1.16. The van der Waals surface area contributed by atoms with Crippen LogP contribution in [0.2, 0.25) is 0 Å². The van der Waals surface area contributed by atoms with E-state index in [1.165, 1.54) is 0 Å². The summed E-state index contributed by atoms with van der Waals surface area (Å²) in [4.78, 5) is 13.5. The second kappa shape index (κ2) is 4.78. The quantitative estimate of drug-likeness (QED) is 0.752. The average Bonchev–Trinajstić information content (AvgIpc) is 2.30. The maximum Gasteiger partial charge on any atom is 0.225 e. The zero-order chi connectivity index (χ0) is 11.5. The van der Waals surface area contributed by atoms with Crippen LogP contribution in [0.3, 0.4) is 0 Å². The van der Waals surface area contributed by atoms with Crippen LogP contribution >= 0.6 is 0 Å². The zero-order valence-electron chi connectivity index (χ0n) is 10.3. The predicted octanol–water partition coefficient (Wildman–Crippen LogP) is 1.32. The highest BCUT2D eigenvalue weighted by molar-refractivity contribution is 5.30. The normalized spacial score (nSPS) is 18.1. The van der Waals surface area contributed by atoms with Gasteiger partial charge in [0.2, 0.25) is 5.95 Å². The molecule has 2 rings (SSSR count). The van der Waals surface area contributed by atoms with Gasteiger partial charge in [0.1, 0.15) is 0 Å². The van der Waals surface area contributed by atoms with Crippen molar-refractivity contribution in [2.24, 2.45) is 0 Å². The number of anilines is 1. The van der Waals surface area contributed by atoms with E-state index in [9.17, 15) is 0 Å². The summed E-state index contributed by atoms with van der Waals surface area (Å²) in [5.41, 5.74) is 1.12. The third-order valence-corrected chi connectivity index (χ3v) is 3.09. The minimum absolute atomic E-state index is 0.640. The lowest BCUT2D eigenvalue weighted by Gasteiger charge is -2.36. The van der Waals surface area contributed by atoms with Crippen molar-refractivity contribution in [3.8, 4) is 0 Å². The molecule has 0 spiro atoms. The van der Waals surface area contributed by atoms with Crippen molar-refractivity contribution in [1.29, 1.82) is 0 Å². The smallest absolute Gasteiger partial charge is 0.225 e. The minimum Gasteiger partial charge on any atom is -0.338 e. The molecule has 0 radical (unpaired) electrons. The molecule has 0 N–H and O–H groups in total. The van der Waals surface area contributed by atoms with Gasteiger partial charge in [-0.1, -0.05) is 0 Å². The molecule has 0 unspecified atom stereocenters. The first-order chi connectivity index (χ1) is 7.66. The van der Waals surface area contributed by atoms with E-state index in [0.29, 0.717) is 6.04 Å². The van der Waals surface area contributed by atoms with E-state index in [2.05, 4.69) is 33.6 Å². The van der Waals surface area contributed by atoms with Crippen LogP contribution in [0.25, 0.3) is 0 Å². The molecule has 2 heterocycles. The van der Waals surface area contributed by atoms with Crippen LogP contribution in [0.4, 0.5) is 5.95 Å². The fraction of sp³-hybridized carbons (Fsp3) is 0.667. The van der Waals surface area contributed by atoms with Gasteiger partial charge >= 0.3 is 0 Å². The number of aromatic nitrogens is 2. The van der Waals surface area contributed by atoms with E-state index in [1.54, 1.807) is 0 Å². The maximum absolute atomic E-state index is 4.37. The van der Waals surface area contributed by atoms with Crippen molar-refractivity contribution >= 4 is 5.95 Å². The van der Waals surface area contributed by atoms with Crippen LogP contribution < -0.4 is 4.90 Å². The zero-order valence-corrected chi connectivity index (χ0v) is 10.3. The lowest BCUT2D eigenvalue weighted by atomic mass is 10.2. The van der Waals surface area contributed by atoms with E-state index in [-0.39, 0.29) is 0 Å². The molecule has 1 aromatic rings. The number of hydrogen-bond acceptors (Lipinski definition) is 4. The van der Waals surface area contributed by atoms with Crippen molar-refractivity contribution in [3.63, 3.8) is 0 Å². The molecule has 1 saturated heterocycles. The molecule has 0 aliphatic carbocycles. The molecule has 1 aromatic heterocycles. The van der Waals surface area contributed by atoms with E-state index >= 15 is 0 Å². The standard InChI is InChI=1S/C12H20N4/c1-10(2)15-4-6-16(7-5-15)12-13-8-11(3)9-14-12/h8-10H,4-7H2,1-3H3. The van der Waals surface area contributed by atoms with Crippen molar-refractivity contribution in [3.05, 3.63) is 18.0 Å². The number of hydrogen-bond donors (Lipinski definition) is 0. The monoisotopic (exact) mass is 220 g/mol. The Bertz CT molecular complexity index is 325. The molecule has 4 nitrogen and oxygen atoms in total. The Morgan fingerprint density at radius 3 is 2.12 bits per heavy atom. The topological polar surface area (TPSA) is 32.3 Å². The van der Waals surface area contributed by atoms with Crippen molar-refractivity contribution in [1.82, 2.24) is 14.9 Å². The second-order valence-electron chi connectivity index (χ2n) is 4.68. The fourth-order valence-corrected chi connectivity index (χ4v) is 1.99.